The molecule has 9 heteroatoms. The van der Waals surface area contributed by atoms with E-state index in [1.54, 1.807) is 18.2 Å². The molecule has 1 aromatic heterocycles. The van der Waals surface area contributed by atoms with Gasteiger partial charge in [-0.05, 0) is 43.2 Å². The summed E-state index contributed by atoms with van der Waals surface area (Å²) in [4.78, 5) is 23.8. The van der Waals surface area contributed by atoms with Crippen LogP contribution in [0.25, 0.3) is 0 Å². The molecule has 0 unspecified atom stereocenters. The van der Waals surface area contributed by atoms with Crippen molar-refractivity contribution in [2.24, 2.45) is 0 Å². The van der Waals surface area contributed by atoms with E-state index in [2.05, 4.69) is 10.6 Å². The van der Waals surface area contributed by atoms with E-state index in [1.807, 2.05) is 0 Å². The van der Waals surface area contributed by atoms with Crippen molar-refractivity contribution >= 4 is 27.5 Å². The SMILES string of the molecule is O=C(CNC(=O)c1ccco1)Nc1cccc(S(=O)(=O)N2CCCC2)c1. The Balaban J connectivity index is 1.61. The Bertz CT molecular complexity index is 887. The molecule has 1 saturated heterocycles. The molecule has 138 valence electrons. The van der Waals surface area contributed by atoms with Crippen LogP contribution >= 0.6 is 0 Å². The van der Waals surface area contributed by atoms with Gasteiger partial charge < -0.3 is 15.1 Å². The van der Waals surface area contributed by atoms with E-state index >= 15 is 0 Å². The molecular weight excluding hydrogens is 358 g/mol. The minimum atomic E-state index is -3.55. The normalized spacial score (nSPS) is 14.9. The Kier molecular flexibility index (Phi) is 5.38. The van der Waals surface area contributed by atoms with Crippen molar-refractivity contribution in [2.45, 2.75) is 17.7 Å². The van der Waals surface area contributed by atoms with Crippen molar-refractivity contribution in [3.8, 4) is 0 Å². The van der Waals surface area contributed by atoms with Gasteiger partial charge in [0.2, 0.25) is 15.9 Å². The fraction of sp³-hybridized carbons (Fsp3) is 0.294. The minimum absolute atomic E-state index is 0.108. The number of nitrogens with one attached hydrogen (secondary N) is 2. The zero-order chi connectivity index (χ0) is 18.6. The van der Waals surface area contributed by atoms with E-state index < -0.39 is 21.8 Å². The zero-order valence-corrected chi connectivity index (χ0v) is 14.8. The predicted octanol–water partition coefficient (Wildman–Crippen LogP) is 1.43. The second kappa shape index (κ2) is 7.71. The smallest absolute Gasteiger partial charge is 0.287 e. The van der Waals surface area contributed by atoms with Gasteiger partial charge in [0.05, 0.1) is 17.7 Å². The Hall–Kier alpha value is -2.65. The lowest BCUT2D eigenvalue weighted by Gasteiger charge is -2.16. The van der Waals surface area contributed by atoms with Crippen LogP contribution in [0.1, 0.15) is 23.4 Å². The molecule has 1 aliphatic heterocycles. The highest BCUT2D eigenvalue weighted by atomic mass is 32.2. The summed E-state index contributed by atoms with van der Waals surface area (Å²) in [7, 11) is -3.55. The van der Waals surface area contributed by atoms with E-state index in [4.69, 9.17) is 4.42 Å². The summed E-state index contributed by atoms with van der Waals surface area (Å²) in [5, 5.41) is 5.00. The molecule has 0 aliphatic carbocycles. The number of hydrogen-bond donors (Lipinski definition) is 2. The molecule has 0 atom stereocenters. The molecule has 2 amide bonds. The van der Waals surface area contributed by atoms with Crippen molar-refractivity contribution in [2.75, 3.05) is 25.0 Å². The molecule has 3 rings (SSSR count). The Labute approximate surface area is 151 Å². The third-order valence-corrected chi connectivity index (χ3v) is 5.87. The first-order chi connectivity index (χ1) is 12.5. The van der Waals surface area contributed by atoms with Gasteiger partial charge in [-0.2, -0.15) is 4.31 Å². The van der Waals surface area contributed by atoms with Crippen molar-refractivity contribution in [3.05, 3.63) is 48.4 Å². The number of hydrogen-bond acceptors (Lipinski definition) is 5. The number of nitrogens with zero attached hydrogens (tertiary/aromatic N) is 1. The number of carbonyl (C=O) groups excluding carboxylic acids is 2. The summed E-state index contributed by atoms with van der Waals surface area (Å²) in [6, 6.07) is 9.14. The molecule has 2 heterocycles. The average molecular weight is 377 g/mol. The summed E-state index contributed by atoms with van der Waals surface area (Å²) in [6.07, 6.45) is 3.07. The van der Waals surface area contributed by atoms with Crippen LogP contribution in [0.15, 0.2) is 52.0 Å². The first-order valence-corrected chi connectivity index (χ1v) is 9.62. The van der Waals surface area contributed by atoms with Gasteiger partial charge in [0.15, 0.2) is 5.76 Å². The third kappa shape index (κ3) is 4.12. The van der Waals surface area contributed by atoms with Crippen molar-refractivity contribution in [1.29, 1.82) is 0 Å². The molecule has 2 aromatic rings. The molecule has 1 aromatic carbocycles. The highest BCUT2D eigenvalue weighted by molar-refractivity contribution is 7.89. The monoisotopic (exact) mass is 377 g/mol. The first-order valence-electron chi connectivity index (χ1n) is 8.18. The topological polar surface area (TPSA) is 109 Å². The van der Waals surface area contributed by atoms with E-state index in [9.17, 15) is 18.0 Å². The van der Waals surface area contributed by atoms with Crippen LogP contribution in [0, 0.1) is 0 Å². The van der Waals surface area contributed by atoms with Crippen LogP contribution in [0.5, 0.6) is 0 Å². The number of amides is 2. The third-order valence-electron chi connectivity index (χ3n) is 3.98. The summed E-state index contributed by atoms with van der Waals surface area (Å²) in [6.45, 7) is 0.762. The molecule has 1 fully saturated rings. The molecule has 8 nitrogen and oxygen atoms in total. The summed E-state index contributed by atoms with van der Waals surface area (Å²) in [5.41, 5.74) is 0.350. The number of carbonyl (C=O) groups is 2. The number of anilines is 1. The summed E-state index contributed by atoms with van der Waals surface area (Å²) >= 11 is 0. The van der Waals surface area contributed by atoms with Gasteiger partial charge >= 0.3 is 0 Å². The number of sulfonamides is 1. The molecule has 0 bridgehead atoms. The first kappa shape index (κ1) is 18.2. The van der Waals surface area contributed by atoms with E-state index in [1.165, 1.54) is 28.8 Å². The second-order valence-electron chi connectivity index (χ2n) is 5.85. The van der Waals surface area contributed by atoms with Crippen molar-refractivity contribution in [3.63, 3.8) is 0 Å². The fourth-order valence-electron chi connectivity index (χ4n) is 2.67. The summed E-state index contributed by atoms with van der Waals surface area (Å²) < 4.78 is 31.5. The molecule has 2 N–H and O–H groups in total. The molecule has 26 heavy (non-hydrogen) atoms. The average Bonchev–Trinajstić information content (AvgIpc) is 3.33. The van der Waals surface area contributed by atoms with Crippen molar-refractivity contribution in [1.82, 2.24) is 9.62 Å². The minimum Gasteiger partial charge on any atom is -0.459 e. The highest BCUT2D eigenvalue weighted by Gasteiger charge is 2.27. The Morgan fingerprint density at radius 1 is 1.12 bits per heavy atom. The predicted molar refractivity (Wildman–Crippen MR) is 94.1 cm³/mol. The lowest BCUT2D eigenvalue weighted by atomic mass is 10.3. The highest BCUT2D eigenvalue weighted by Crippen LogP contribution is 2.23. The maximum absolute atomic E-state index is 12.6. The van der Waals surface area contributed by atoms with Gasteiger partial charge in [0.25, 0.3) is 5.91 Å². The van der Waals surface area contributed by atoms with E-state index in [0.717, 1.165) is 12.8 Å². The van der Waals surface area contributed by atoms with E-state index in [0.29, 0.717) is 18.8 Å². The molecule has 0 radical (unpaired) electrons. The maximum Gasteiger partial charge on any atom is 0.287 e. The zero-order valence-electron chi connectivity index (χ0n) is 14.0. The van der Waals surface area contributed by atoms with Gasteiger partial charge in [0.1, 0.15) is 0 Å². The summed E-state index contributed by atoms with van der Waals surface area (Å²) in [5.74, 6) is -0.868. The lowest BCUT2D eigenvalue weighted by molar-refractivity contribution is -0.115. The molecule has 1 aliphatic rings. The molecule has 0 saturated carbocycles. The van der Waals surface area contributed by atoms with Crippen LogP contribution in [-0.2, 0) is 14.8 Å². The van der Waals surface area contributed by atoms with Crippen LogP contribution in [0.3, 0.4) is 0 Å². The number of rotatable bonds is 6. The van der Waals surface area contributed by atoms with Crippen LogP contribution < -0.4 is 10.6 Å². The lowest BCUT2D eigenvalue weighted by Crippen LogP contribution is -2.32. The number of furan rings is 1. The second-order valence-corrected chi connectivity index (χ2v) is 7.79. The quantitative estimate of drug-likeness (QED) is 0.792. The van der Waals surface area contributed by atoms with Crippen LogP contribution in [0.2, 0.25) is 0 Å². The van der Waals surface area contributed by atoms with Crippen LogP contribution in [-0.4, -0.2) is 44.2 Å². The fourth-order valence-corrected chi connectivity index (χ4v) is 4.24. The largest absolute Gasteiger partial charge is 0.459 e. The maximum atomic E-state index is 12.6. The van der Waals surface area contributed by atoms with Crippen molar-refractivity contribution < 1.29 is 22.4 Å². The standard InChI is InChI=1S/C17H19N3O5S/c21-16(12-18-17(22)15-7-4-10-25-15)19-13-5-3-6-14(11-13)26(23,24)20-8-1-2-9-20/h3-7,10-11H,1-2,8-9,12H2,(H,18,22)(H,19,21). The Morgan fingerprint density at radius 2 is 1.88 bits per heavy atom. The Morgan fingerprint density at radius 3 is 2.58 bits per heavy atom. The molecule has 0 spiro atoms. The van der Waals surface area contributed by atoms with E-state index in [-0.39, 0.29) is 17.2 Å². The van der Waals surface area contributed by atoms with Gasteiger partial charge in [-0.1, -0.05) is 6.07 Å². The van der Waals surface area contributed by atoms with Gasteiger partial charge in [0, 0.05) is 18.8 Å². The van der Waals surface area contributed by atoms with Gasteiger partial charge in [-0.25, -0.2) is 8.42 Å². The molecular formula is C17H19N3O5S. The van der Waals surface area contributed by atoms with Gasteiger partial charge in [-0.3, -0.25) is 9.59 Å². The number of benzene rings is 1. The van der Waals surface area contributed by atoms with Gasteiger partial charge in [-0.15, -0.1) is 0 Å². The van der Waals surface area contributed by atoms with Crippen LogP contribution in [0.4, 0.5) is 5.69 Å².